The first kappa shape index (κ1) is 14.0. The molecular weight excluding hydrogens is 262 g/mol. The third-order valence-corrected chi connectivity index (χ3v) is 3.59. The first-order valence-corrected chi connectivity index (χ1v) is 6.89. The van der Waals surface area contributed by atoms with E-state index in [4.69, 9.17) is 16.7 Å². The molecule has 0 spiro atoms. The van der Waals surface area contributed by atoms with E-state index in [1.54, 1.807) is 0 Å². The van der Waals surface area contributed by atoms with Gasteiger partial charge in [-0.1, -0.05) is 49.2 Å². The summed E-state index contributed by atoms with van der Waals surface area (Å²) in [5, 5.41) is 22.7. The van der Waals surface area contributed by atoms with E-state index in [1.165, 1.54) is 0 Å². The topological polar surface area (TPSA) is 58.0 Å². The first-order valence-electron chi connectivity index (χ1n) is 6.52. The van der Waals surface area contributed by atoms with Crippen LogP contribution in [0, 0.1) is 5.92 Å². The van der Waals surface area contributed by atoms with E-state index < -0.39 is 0 Å². The molecule has 0 saturated carbocycles. The van der Waals surface area contributed by atoms with Gasteiger partial charge in [0.05, 0.1) is 0 Å². The third-order valence-electron chi connectivity index (χ3n) is 3.32. The highest BCUT2D eigenvalue weighted by molar-refractivity contribution is 6.34. The second-order valence-electron chi connectivity index (χ2n) is 4.55. The van der Waals surface area contributed by atoms with Crippen molar-refractivity contribution in [2.75, 3.05) is 18.5 Å². The lowest BCUT2D eigenvalue weighted by atomic mass is 10.0. The minimum absolute atomic E-state index is 0.216. The van der Waals surface area contributed by atoms with Crippen LogP contribution in [0.1, 0.15) is 19.8 Å². The Morgan fingerprint density at radius 3 is 2.68 bits per heavy atom. The number of nitrogens with one attached hydrogen (secondary N) is 1. The largest absolute Gasteiger partial charge is 0.396 e. The zero-order chi connectivity index (χ0) is 13.7. The van der Waals surface area contributed by atoms with Gasteiger partial charge in [0.15, 0.2) is 11.0 Å². The lowest BCUT2D eigenvalue weighted by molar-refractivity contribution is 0.258. The van der Waals surface area contributed by atoms with Crippen molar-refractivity contribution >= 4 is 28.2 Å². The van der Waals surface area contributed by atoms with Gasteiger partial charge in [-0.2, -0.15) is 0 Å². The van der Waals surface area contributed by atoms with Crippen molar-refractivity contribution in [3.63, 3.8) is 0 Å². The number of anilines is 1. The van der Waals surface area contributed by atoms with E-state index in [0.29, 0.717) is 11.1 Å². The Balaban J connectivity index is 2.19. The molecular formula is C14H18ClN3O. The smallest absolute Gasteiger partial charge is 0.159 e. The van der Waals surface area contributed by atoms with Crippen LogP contribution in [-0.2, 0) is 0 Å². The van der Waals surface area contributed by atoms with Crippen molar-refractivity contribution in [1.82, 2.24) is 10.2 Å². The van der Waals surface area contributed by atoms with Gasteiger partial charge in [-0.25, -0.2) is 0 Å². The average molecular weight is 280 g/mol. The molecule has 2 N–H and O–H groups in total. The Morgan fingerprint density at radius 1 is 1.26 bits per heavy atom. The summed E-state index contributed by atoms with van der Waals surface area (Å²) in [6, 6.07) is 7.80. The van der Waals surface area contributed by atoms with Crippen molar-refractivity contribution in [3.8, 4) is 0 Å². The summed E-state index contributed by atoms with van der Waals surface area (Å²) in [6.45, 7) is 3.11. The van der Waals surface area contributed by atoms with Gasteiger partial charge >= 0.3 is 0 Å². The summed E-state index contributed by atoms with van der Waals surface area (Å²) < 4.78 is 0. The molecule has 1 atom stereocenters. The van der Waals surface area contributed by atoms with Gasteiger partial charge in [0.2, 0.25) is 0 Å². The maximum absolute atomic E-state index is 9.00. The Kier molecular flexibility index (Phi) is 4.93. The summed E-state index contributed by atoms with van der Waals surface area (Å²) in [4.78, 5) is 0. The SMILES string of the molecule is CCC(CCO)CNc1nnc(Cl)c2ccccc12. The molecule has 0 saturated heterocycles. The number of fused-ring (bicyclic) bond motifs is 1. The first-order chi connectivity index (χ1) is 9.26. The zero-order valence-electron chi connectivity index (χ0n) is 10.9. The maximum atomic E-state index is 9.00. The predicted molar refractivity (Wildman–Crippen MR) is 78.5 cm³/mol. The molecule has 0 radical (unpaired) electrons. The number of hydrogen-bond acceptors (Lipinski definition) is 4. The number of nitrogens with zero attached hydrogens (tertiary/aromatic N) is 2. The quantitative estimate of drug-likeness (QED) is 0.853. The molecule has 102 valence electrons. The van der Waals surface area contributed by atoms with E-state index in [9.17, 15) is 0 Å². The van der Waals surface area contributed by atoms with Crippen LogP contribution in [-0.4, -0.2) is 28.5 Å². The molecule has 4 nitrogen and oxygen atoms in total. The summed E-state index contributed by atoms with van der Waals surface area (Å²) in [5.41, 5.74) is 0. The number of benzene rings is 1. The molecule has 19 heavy (non-hydrogen) atoms. The van der Waals surface area contributed by atoms with Gasteiger partial charge in [0.1, 0.15) is 0 Å². The monoisotopic (exact) mass is 279 g/mol. The molecule has 0 aliphatic rings. The Bertz CT molecular complexity index is 547. The van der Waals surface area contributed by atoms with Crippen LogP contribution in [0.4, 0.5) is 5.82 Å². The standard InChI is InChI=1S/C14H18ClN3O/c1-2-10(7-8-19)9-16-14-12-6-4-3-5-11(12)13(15)17-18-14/h3-6,10,19H,2,7-9H2,1H3,(H,16,18). The fraction of sp³-hybridized carbons (Fsp3) is 0.429. The van der Waals surface area contributed by atoms with Crippen LogP contribution in [0.5, 0.6) is 0 Å². The molecule has 1 aromatic carbocycles. The lowest BCUT2D eigenvalue weighted by Gasteiger charge is -2.15. The Labute approximate surface area is 117 Å². The molecule has 1 aromatic heterocycles. The van der Waals surface area contributed by atoms with Crippen molar-refractivity contribution < 1.29 is 5.11 Å². The van der Waals surface area contributed by atoms with Gasteiger partial charge in [-0.15, -0.1) is 10.2 Å². The van der Waals surface area contributed by atoms with E-state index >= 15 is 0 Å². The number of hydrogen-bond donors (Lipinski definition) is 2. The average Bonchev–Trinajstić information content (AvgIpc) is 2.45. The van der Waals surface area contributed by atoms with Gasteiger partial charge in [0, 0.05) is 23.9 Å². The number of aromatic nitrogens is 2. The molecule has 1 unspecified atom stereocenters. The number of aliphatic hydroxyl groups excluding tert-OH is 1. The van der Waals surface area contributed by atoms with Crippen LogP contribution >= 0.6 is 11.6 Å². The summed E-state index contributed by atoms with van der Waals surface area (Å²) >= 11 is 6.03. The van der Waals surface area contributed by atoms with Gasteiger partial charge in [0.25, 0.3) is 0 Å². The third kappa shape index (κ3) is 3.33. The molecule has 5 heteroatoms. The van der Waals surface area contributed by atoms with Crippen molar-refractivity contribution in [2.45, 2.75) is 19.8 Å². The van der Waals surface area contributed by atoms with Crippen LogP contribution < -0.4 is 5.32 Å². The molecule has 0 amide bonds. The highest BCUT2D eigenvalue weighted by Gasteiger charge is 2.10. The highest BCUT2D eigenvalue weighted by atomic mass is 35.5. The highest BCUT2D eigenvalue weighted by Crippen LogP contribution is 2.25. The minimum atomic E-state index is 0.216. The normalized spacial score (nSPS) is 12.6. The van der Waals surface area contributed by atoms with Gasteiger partial charge < -0.3 is 10.4 Å². The van der Waals surface area contributed by atoms with Gasteiger partial charge in [-0.3, -0.25) is 0 Å². The molecule has 0 aliphatic carbocycles. The predicted octanol–water partition coefficient (Wildman–Crippen LogP) is 3.10. The molecule has 1 heterocycles. The molecule has 0 aliphatic heterocycles. The van der Waals surface area contributed by atoms with E-state index in [1.807, 2.05) is 24.3 Å². The zero-order valence-corrected chi connectivity index (χ0v) is 11.7. The summed E-state index contributed by atoms with van der Waals surface area (Å²) in [7, 11) is 0. The number of aliphatic hydroxyl groups is 1. The van der Waals surface area contributed by atoms with Gasteiger partial charge in [-0.05, 0) is 12.3 Å². The number of halogens is 1. The summed E-state index contributed by atoms with van der Waals surface area (Å²) in [6.07, 6.45) is 1.81. The minimum Gasteiger partial charge on any atom is -0.396 e. The lowest BCUT2D eigenvalue weighted by Crippen LogP contribution is -2.16. The van der Waals surface area contributed by atoms with E-state index in [-0.39, 0.29) is 6.61 Å². The van der Waals surface area contributed by atoms with Crippen LogP contribution in [0.25, 0.3) is 10.8 Å². The maximum Gasteiger partial charge on any atom is 0.159 e. The Hall–Kier alpha value is -1.39. The van der Waals surface area contributed by atoms with E-state index in [2.05, 4.69) is 22.4 Å². The second-order valence-corrected chi connectivity index (χ2v) is 4.91. The van der Waals surface area contributed by atoms with Crippen LogP contribution in [0.15, 0.2) is 24.3 Å². The van der Waals surface area contributed by atoms with Crippen molar-refractivity contribution in [3.05, 3.63) is 29.4 Å². The van der Waals surface area contributed by atoms with Crippen molar-refractivity contribution in [1.29, 1.82) is 0 Å². The molecule has 0 fully saturated rings. The van der Waals surface area contributed by atoms with E-state index in [0.717, 1.165) is 36.0 Å². The molecule has 2 rings (SSSR count). The molecule has 0 bridgehead atoms. The van der Waals surface area contributed by atoms with Crippen LogP contribution in [0.2, 0.25) is 5.15 Å². The summed E-state index contributed by atoms with van der Waals surface area (Å²) in [5.74, 6) is 1.18. The Morgan fingerprint density at radius 2 is 2.00 bits per heavy atom. The fourth-order valence-corrected chi connectivity index (χ4v) is 2.28. The number of rotatable bonds is 6. The fourth-order valence-electron chi connectivity index (χ4n) is 2.08. The van der Waals surface area contributed by atoms with Crippen LogP contribution in [0.3, 0.4) is 0 Å². The molecule has 2 aromatic rings. The van der Waals surface area contributed by atoms with Crippen molar-refractivity contribution in [2.24, 2.45) is 5.92 Å². The second kappa shape index (κ2) is 6.68.